The molecule has 4 rings (SSSR count). The third-order valence-corrected chi connectivity index (χ3v) is 6.28. The van der Waals surface area contributed by atoms with Crippen LogP contribution in [0.25, 0.3) is 5.69 Å². The van der Waals surface area contributed by atoms with Crippen LogP contribution < -0.4 is 22.1 Å². The minimum atomic E-state index is -0.415. The number of hydrogen-bond acceptors (Lipinski definition) is 6. The van der Waals surface area contributed by atoms with E-state index in [-0.39, 0.29) is 11.8 Å². The summed E-state index contributed by atoms with van der Waals surface area (Å²) >= 11 is 0. The molecule has 1 atom stereocenters. The molecule has 2 amide bonds. The Morgan fingerprint density at radius 3 is 2.84 bits per heavy atom. The Kier molecular flexibility index (Phi) is 7.51. The second-order valence-corrected chi connectivity index (χ2v) is 8.60. The average Bonchev–Trinajstić information content (AvgIpc) is 2.83. The van der Waals surface area contributed by atoms with Gasteiger partial charge in [-0.15, -0.1) is 0 Å². The second-order valence-electron chi connectivity index (χ2n) is 8.60. The van der Waals surface area contributed by atoms with Gasteiger partial charge in [-0.3, -0.25) is 9.88 Å². The van der Waals surface area contributed by atoms with Crippen molar-refractivity contribution in [3.63, 3.8) is 0 Å². The molecule has 2 saturated heterocycles. The average molecular weight is 440 g/mol. The maximum Gasteiger partial charge on any atom is 0.354 e. The number of aromatic nitrogens is 2. The summed E-state index contributed by atoms with van der Waals surface area (Å²) in [5.74, 6) is 0.871. The predicted molar refractivity (Wildman–Crippen MR) is 125 cm³/mol. The van der Waals surface area contributed by atoms with Crippen molar-refractivity contribution >= 4 is 11.8 Å². The van der Waals surface area contributed by atoms with Crippen LogP contribution in [0.4, 0.5) is 10.6 Å². The highest BCUT2D eigenvalue weighted by atomic mass is 16.2. The van der Waals surface area contributed by atoms with Gasteiger partial charge >= 0.3 is 11.7 Å². The molecular weight excluding hydrogens is 406 g/mol. The third-order valence-electron chi connectivity index (χ3n) is 6.28. The maximum atomic E-state index is 12.6. The van der Waals surface area contributed by atoms with Gasteiger partial charge in [0.1, 0.15) is 5.82 Å². The minimum Gasteiger partial charge on any atom is -0.330 e. The van der Waals surface area contributed by atoms with Crippen LogP contribution in [0.5, 0.6) is 0 Å². The zero-order chi connectivity index (χ0) is 22.3. The Balaban J connectivity index is 1.39. The standard InChI is InChI=1S/C23H33N7O2/c24-16-19-4-2-10-28(17-19)11-6-18-3-1-5-20(15-18)30-12-7-21(27-23(30)32)26-22(31)29-13-8-25-9-14-29/h1,3,5,7,12,15,19,25H,2,4,6,8-11,13-14,16-17,24H2,(H,26,27,31,32). The van der Waals surface area contributed by atoms with Gasteiger partial charge < -0.3 is 20.9 Å². The van der Waals surface area contributed by atoms with E-state index in [1.807, 2.05) is 18.2 Å². The third kappa shape index (κ3) is 5.73. The number of piperidine rings is 1. The number of nitrogens with zero attached hydrogens (tertiary/aromatic N) is 4. The number of rotatable bonds is 6. The molecule has 32 heavy (non-hydrogen) atoms. The van der Waals surface area contributed by atoms with Gasteiger partial charge in [0.15, 0.2) is 0 Å². The summed E-state index contributed by atoms with van der Waals surface area (Å²) in [5, 5.41) is 5.93. The lowest BCUT2D eigenvalue weighted by Gasteiger charge is -2.32. The van der Waals surface area contributed by atoms with Gasteiger partial charge in [0.05, 0.1) is 5.69 Å². The molecule has 0 radical (unpaired) electrons. The SMILES string of the molecule is NCC1CCCN(CCc2cccc(-n3ccc(NC(=O)N4CCNCC4)nc3=O)c2)C1. The highest BCUT2D eigenvalue weighted by molar-refractivity contribution is 5.88. The lowest BCUT2D eigenvalue weighted by Crippen LogP contribution is -2.48. The molecule has 2 aromatic rings. The first kappa shape index (κ1) is 22.4. The minimum absolute atomic E-state index is 0.229. The van der Waals surface area contributed by atoms with Crippen LogP contribution in [0.1, 0.15) is 18.4 Å². The quantitative estimate of drug-likeness (QED) is 0.617. The number of amides is 2. The fourth-order valence-corrected chi connectivity index (χ4v) is 4.42. The van der Waals surface area contributed by atoms with Crippen molar-refractivity contribution in [2.24, 2.45) is 11.7 Å². The number of urea groups is 1. The zero-order valence-electron chi connectivity index (χ0n) is 18.5. The van der Waals surface area contributed by atoms with Crippen molar-refractivity contribution in [1.82, 2.24) is 24.7 Å². The van der Waals surface area contributed by atoms with E-state index < -0.39 is 5.69 Å². The Labute approximate surface area is 188 Å². The van der Waals surface area contributed by atoms with E-state index in [4.69, 9.17) is 5.73 Å². The first-order valence-corrected chi connectivity index (χ1v) is 11.5. The van der Waals surface area contributed by atoms with E-state index in [9.17, 15) is 9.59 Å². The number of carbonyl (C=O) groups excluding carboxylic acids is 1. The Morgan fingerprint density at radius 1 is 1.22 bits per heavy atom. The molecule has 1 aromatic carbocycles. The van der Waals surface area contributed by atoms with Gasteiger partial charge in [0.25, 0.3) is 0 Å². The lowest BCUT2D eigenvalue weighted by molar-refractivity contribution is 0.180. The summed E-state index contributed by atoms with van der Waals surface area (Å²) in [6, 6.07) is 9.43. The smallest absolute Gasteiger partial charge is 0.330 e. The maximum absolute atomic E-state index is 12.6. The van der Waals surface area contributed by atoms with E-state index in [1.54, 1.807) is 17.2 Å². The van der Waals surface area contributed by atoms with Crippen LogP contribution in [0, 0.1) is 5.92 Å². The molecular formula is C23H33N7O2. The largest absolute Gasteiger partial charge is 0.354 e. The van der Waals surface area contributed by atoms with Crippen LogP contribution in [0.15, 0.2) is 41.3 Å². The van der Waals surface area contributed by atoms with Crippen molar-refractivity contribution in [2.75, 3.05) is 57.7 Å². The van der Waals surface area contributed by atoms with Gasteiger partial charge in [-0.05, 0) is 62.0 Å². The first-order chi connectivity index (χ1) is 15.6. The Hall–Kier alpha value is -2.75. The van der Waals surface area contributed by atoms with Crippen LogP contribution in [0.2, 0.25) is 0 Å². The number of carbonyl (C=O) groups is 1. The summed E-state index contributed by atoms with van der Waals surface area (Å²) in [7, 11) is 0. The van der Waals surface area contributed by atoms with Crippen LogP contribution in [-0.4, -0.2) is 77.7 Å². The normalized spacial score (nSPS) is 19.7. The molecule has 2 aliphatic rings. The van der Waals surface area contributed by atoms with Crippen molar-refractivity contribution < 1.29 is 4.79 Å². The number of benzene rings is 1. The van der Waals surface area contributed by atoms with Crippen molar-refractivity contribution in [3.05, 3.63) is 52.6 Å². The van der Waals surface area contributed by atoms with Crippen LogP contribution in [0.3, 0.4) is 0 Å². The predicted octanol–water partition coefficient (Wildman–Crippen LogP) is 0.883. The molecule has 4 N–H and O–H groups in total. The van der Waals surface area contributed by atoms with Gasteiger partial charge in [-0.2, -0.15) is 4.98 Å². The fraction of sp³-hybridized carbons (Fsp3) is 0.522. The number of nitrogens with one attached hydrogen (secondary N) is 2. The first-order valence-electron chi connectivity index (χ1n) is 11.5. The van der Waals surface area contributed by atoms with Crippen molar-refractivity contribution in [3.8, 4) is 5.69 Å². The molecule has 0 bridgehead atoms. The van der Waals surface area contributed by atoms with Gasteiger partial charge in [-0.1, -0.05) is 12.1 Å². The number of anilines is 1. The fourth-order valence-electron chi connectivity index (χ4n) is 4.42. The molecule has 1 unspecified atom stereocenters. The van der Waals surface area contributed by atoms with Crippen LogP contribution in [-0.2, 0) is 6.42 Å². The molecule has 2 aliphatic heterocycles. The van der Waals surface area contributed by atoms with Gasteiger partial charge in [0, 0.05) is 45.5 Å². The van der Waals surface area contributed by atoms with E-state index in [0.717, 1.165) is 51.4 Å². The molecule has 2 fully saturated rings. The lowest BCUT2D eigenvalue weighted by atomic mass is 9.98. The second kappa shape index (κ2) is 10.7. The zero-order valence-corrected chi connectivity index (χ0v) is 18.5. The highest BCUT2D eigenvalue weighted by Crippen LogP contribution is 2.16. The van der Waals surface area contributed by atoms with Gasteiger partial charge in [0.2, 0.25) is 0 Å². The Bertz CT molecular complexity index is 971. The van der Waals surface area contributed by atoms with E-state index in [2.05, 4.69) is 26.6 Å². The summed E-state index contributed by atoms with van der Waals surface area (Å²) in [5.41, 5.74) is 7.40. The molecule has 0 spiro atoms. The monoisotopic (exact) mass is 439 g/mol. The van der Waals surface area contributed by atoms with Crippen molar-refractivity contribution in [2.45, 2.75) is 19.3 Å². The Morgan fingerprint density at radius 2 is 2.06 bits per heavy atom. The molecule has 9 nitrogen and oxygen atoms in total. The molecule has 9 heteroatoms. The summed E-state index contributed by atoms with van der Waals surface area (Å²) < 4.78 is 1.51. The van der Waals surface area contributed by atoms with E-state index >= 15 is 0 Å². The van der Waals surface area contributed by atoms with E-state index in [1.165, 1.54) is 23.0 Å². The number of likely N-dealkylation sites (tertiary alicyclic amines) is 1. The summed E-state index contributed by atoms with van der Waals surface area (Å²) in [4.78, 5) is 33.2. The van der Waals surface area contributed by atoms with Crippen LogP contribution >= 0.6 is 0 Å². The molecule has 3 heterocycles. The molecule has 0 aliphatic carbocycles. The number of nitrogens with two attached hydrogens (primary N) is 1. The molecule has 0 saturated carbocycles. The van der Waals surface area contributed by atoms with Gasteiger partial charge in [-0.25, -0.2) is 9.59 Å². The van der Waals surface area contributed by atoms with Crippen molar-refractivity contribution in [1.29, 1.82) is 0 Å². The topological polar surface area (TPSA) is 109 Å². The summed E-state index contributed by atoms with van der Waals surface area (Å²) in [6.45, 7) is 6.76. The molecule has 1 aromatic heterocycles. The number of hydrogen-bond donors (Lipinski definition) is 3. The molecule has 172 valence electrons. The van der Waals surface area contributed by atoms with E-state index in [0.29, 0.717) is 19.0 Å². The number of piperazine rings is 1. The summed E-state index contributed by atoms with van der Waals surface area (Å²) in [6.07, 6.45) is 5.02. The highest BCUT2D eigenvalue weighted by Gasteiger charge is 2.19.